The maximum absolute atomic E-state index is 12.2. The number of ether oxygens (including phenoxy) is 3. The van der Waals surface area contributed by atoms with Crippen molar-refractivity contribution >= 4 is 23.4 Å². The summed E-state index contributed by atoms with van der Waals surface area (Å²) in [5.74, 6) is -0.822. The SMILES string of the molecule is CC(C)n1nccc1NC(=O)COC(=O)c1cc2c(cc1[N+](=O)[O-])OCO2. The quantitative estimate of drug-likeness (QED) is 0.459. The molecule has 0 radical (unpaired) electrons. The van der Waals surface area contributed by atoms with Gasteiger partial charge in [0.15, 0.2) is 18.1 Å². The lowest BCUT2D eigenvalue weighted by molar-refractivity contribution is -0.385. The van der Waals surface area contributed by atoms with E-state index in [4.69, 9.17) is 14.2 Å². The molecule has 1 aliphatic heterocycles. The van der Waals surface area contributed by atoms with E-state index in [0.717, 1.165) is 12.1 Å². The molecule has 0 bridgehead atoms. The van der Waals surface area contributed by atoms with Gasteiger partial charge in [-0.1, -0.05) is 0 Å². The third kappa shape index (κ3) is 3.81. The summed E-state index contributed by atoms with van der Waals surface area (Å²) in [6, 6.07) is 3.87. The summed E-state index contributed by atoms with van der Waals surface area (Å²) < 4.78 is 16.7. The molecule has 0 unspecified atom stereocenters. The number of fused-ring (bicyclic) bond motifs is 1. The number of carbonyl (C=O) groups excluding carboxylic acids is 2. The number of nitro benzene ring substituents is 1. The molecule has 2 aromatic rings. The van der Waals surface area contributed by atoms with Gasteiger partial charge in [-0.3, -0.25) is 14.9 Å². The molecular formula is C16H16N4O7. The number of amides is 1. The fraction of sp³-hybridized carbons (Fsp3) is 0.312. The van der Waals surface area contributed by atoms with Gasteiger partial charge in [0.2, 0.25) is 6.79 Å². The van der Waals surface area contributed by atoms with Gasteiger partial charge in [-0.05, 0) is 13.8 Å². The van der Waals surface area contributed by atoms with Crippen molar-refractivity contribution < 1.29 is 28.7 Å². The number of aromatic nitrogens is 2. The van der Waals surface area contributed by atoms with Crippen LogP contribution in [0, 0.1) is 10.1 Å². The number of benzene rings is 1. The highest BCUT2D eigenvalue weighted by Crippen LogP contribution is 2.38. The Morgan fingerprint density at radius 3 is 2.74 bits per heavy atom. The average molecular weight is 376 g/mol. The summed E-state index contributed by atoms with van der Waals surface area (Å²) in [5, 5.41) is 17.8. The van der Waals surface area contributed by atoms with Crippen molar-refractivity contribution in [2.24, 2.45) is 0 Å². The van der Waals surface area contributed by atoms with Crippen molar-refractivity contribution in [3.63, 3.8) is 0 Å². The van der Waals surface area contributed by atoms with E-state index in [1.165, 1.54) is 6.20 Å². The van der Waals surface area contributed by atoms with Crippen molar-refractivity contribution in [1.29, 1.82) is 0 Å². The lowest BCUT2D eigenvalue weighted by atomic mass is 10.1. The van der Waals surface area contributed by atoms with Gasteiger partial charge in [0.25, 0.3) is 11.6 Å². The van der Waals surface area contributed by atoms with E-state index in [1.807, 2.05) is 13.8 Å². The molecule has 0 aliphatic carbocycles. The largest absolute Gasteiger partial charge is 0.454 e. The van der Waals surface area contributed by atoms with Crippen LogP contribution in [-0.4, -0.2) is 40.0 Å². The van der Waals surface area contributed by atoms with Crippen molar-refractivity contribution in [3.05, 3.63) is 40.1 Å². The van der Waals surface area contributed by atoms with Crippen LogP contribution in [0.3, 0.4) is 0 Å². The molecule has 1 N–H and O–H groups in total. The van der Waals surface area contributed by atoms with Crippen LogP contribution in [0.5, 0.6) is 11.5 Å². The smallest absolute Gasteiger partial charge is 0.345 e. The molecule has 1 amide bonds. The molecule has 0 saturated carbocycles. The van der Waals surface area contributed by atoms with Gasteiger partial charge in [-0.15, -0.1) is 0 Å². The van der Waals surface area contributed by atoms with E-state index in [2.05, 4.69) is 10.4 Å². The van der Waals surface area contributed by atoms with Crippen molar-refractivity contribution in [2.45, 2.75) is 19.9 Å². The highest BCUT2D eigenvalue weighted by atomic mass is 16.7. The zero-order valence-electron chi connectivity index (χ0n) is 14.5. The highest BCUT2D eigenvalue weighted by molar-refractivity contribution is 5.98. The Kier molecular flexibility index (Phi) is 4.92. The standard InChI is InChI=1S/C16H16N4O7/c1-9(2)19-14(3-4-17-19)18-15(21)7-25-16(22)10-5-12-13(27-8-26-12)6-11(10)20(23)24/h3-6,9H,7-8H2,1-2H3,(H,18,21). The van der Waals surface area contributed by atoms with Crippen LogP contribution in [0.4, 0.5) is 11.5 Å². The fourth-order valence-electron chi connectivity index (χ4n) is 2.46. The summed E-state index contributed by atoms with van der Waals surface area (Å²) in [6.07, 6.45) is 1.53. The number of nitrogens with one attached hydrogen (secondary N) is 1. The Balaban J connectivity index is 1.68. The van der Waals surface area contributed by atoms with E-state index in [1.54, 1.807) is 10.7 Å². The second-order valence-electron chi connectivity index (χ2n) is 5.86. The number of nitro groups is 1. The van der Waals surface area contributed by atoms with E-state index in [9.17, 15) is 19.7 Å². The van der Waals surface area contributed by atoms with Crippen LogP contribution in [0.15, 0.2) is 24.4 Å². The molecule has 11 heteroatoms. The Morgan fingerprint density at radius 2 is 2.07 bits per heavy atom. The van der Waals surface area contributed by atoms with Gasteiger partial charge < -0.3 is 19.5 Å². The molecule has 3 rings (SSSR count). The summed E-state index contributed by atoms with van der Waals surface area (Å²) in [5.41, 5.74) is -0.827. The lowest BCUT2D eigenvalue weighted by Gasteiger charge is -2.12. The Morgan fingerprint density at radius 1 is 1.37 bits per heavy atom. The maximum Gasteiger partial charge on any atom is 0.345 e. The van der Waals surface area contributed by atoms with E-state index >= 15 is 0 Å². The first-order valence-electron chi connectivity index (χ1n) is 7.95. The van der Waals surface area contributed by atoms with Crippen molar-refractivity contribution in [2.75, 3.05) is 18.7 Å². The number of hydrogen-bond acceptors (Lipinski definition) is 8. The normalized spacial score (nSPS) is 12.1. The minimum Gasteiger partial charge on any atom is -0.454 e. The Labute approximate surface area is 153 Å². The molecule has 142 valence electrons. The number of anilines is 1. The van der Waals surface area contributed by atoms with Gasteiger partial charge in [0.1, 0.15) is 11.4 Å². The fourth-order valence-corrected chi connectivity index (χ4v) is 2.46. The van der Waals surface area contributed by atoms with Gasteiger partial charge in [0, 0.05) is 18.2 Å². The van der Waals surface area contributed by atoms with Crippen molar-refractivity contribution in [3.8, 4) is 11.5 Å². The molecule has 1 aliphatic rings. The maximum atomic E-state index is 12.2. The molecule has 0 atom stereocenters. The first-order valence-corrected chi connectivity index (χ1v) is 7.95. The predicted octanol–water partition coefficient (Wildman–Crippen LogP) is 1.90. The number of hydrogen-bond donors (Lipinski definition) is 1. The van der Waals surface area contributed by atoms with Crippen molar-refractivity contribution in [1.82, 2.24) is 9.78 Å². The number of rotatable bonds is 6. The van der Waals surface area contributed by atoms with Crippen LogP contribution < -0.4 is 14.8 Å². The summed E-state index contributed by atoms with van der Waals surface area (Å²) >= 11 is 0. The van der Waals surface area contributed by atoms with Gasteiger partial charge in [-0.25, -0.2) is 9.48 Å². The Hall–Kier alpha value is -3.63. The molecule has 0 saturated heterocycles. The number of esters is 1. The molecule has 1 aromatic heterocycles. The zero-order chi connectivity index (χ0) is 19.6. The monoisotopic (exact) mass is 376 g/mol. The third-order valence-corrected chi connectivity index (χ3v) is 3.67. The van der Waals surface area contributed by atoms with Crippen LogP contribution >= 0.6 is 0 Å². The van der Waals surface area contributed by atoms with Gasteiger partial charge in [0.05, 0.1) is 17.2 Å². The predicted molar refractivity (Wildman–Crippen MR) is 90.7 cm³/mol. The second-order valence-corrected chi connectivity index (χ2v) is 5.86. The number of carbonyl (C=O) groups is 2. The van der Waals surface area contributed by atoms with E-state index in [-0.39, 0.29) is 29.9 Å². The first-order chi connectivity index (χ1) is 12.9. The molecule has 2 heterocycles. The molecule has 11 nitrogen and oxygen atoms in total. The minimum absolute atomic E-state index is 0.0223. The topological polar surface area (TPSA) is 135 Å². The average Bonchev–Trinajstić information content (AvgIpc) is 3.26. The Bertz CT molecular complexity index is 906. The third-order valence-electron chi connectivity index (χ3n) is 3.67. The molecule has 27 heavy (non-hydrogen) atoms. The summed E-state index contributed by atoms with van der Waals surface area (Å²) in [6.45, 7) is 3.06. The highest BCUT2D eigenvalue weighted by Gasteiger charge is 2.28. The zero-order valence-corrected chi connectivity index (χ0v) is 14.5. The second kappa shape index (κ2) is 7.32. The van der Waals surface area contributed by atoms with E-state index < -0.39 is 29.1 Å². The number of nitrogens with zero attached hydrogens (tertiary/aromatic N) is 3. The molecule has 1 aromatic carbocycles. The lowest BCUT2D eigenvalue weighted by Crippen LogP contribution is -2.23. The van der Waals surface area contributed by atoms with Crippen LogP contribution in [0.2, 0.25) is 0 Å². The molecule has 0 fully saturated rings. The summed E-state index contributed by atoms with van der Waals surface area (Å²) in [4.78, 5) is 34.7. The van der Waals surface area contributed by atoms with Crippen LogP contribution in [0.1, 0.15) is 30.2 Å². The van der Waals surface area contributed by atoms with Gasteiger partial charge in [-0.2, -0.15) is 5.10 Å². The summed E-state index contributed by atoms with van der Waals surface area (Å²) in [7, 11) is 0. The van der Waals surface area contributed by atoms with Crippen LogP contribution in [-0.2, 0) is 9.53 Å². The molecule has 0 spiro atoms. The molecular weight excluding hydrogens is 360 g/mol. The van der Waals surface area contributed by atoms with E-state index in [0.29, 0.717) is 5.82 Å². The minimum atomic E-state index is -1.02. The first kappa shape index (κ1) is 18.2. The van der Waals surface area contributed by atoms with Gasteiger partial charge >= 0.3 is 5.97 Å². The van der Waals surface area contributed by atoms with Crippen LogP contribution in [0.25, 0.3) is 0 Å².